The van der Waals surface area contributed by atoms with Crippen LogP contribution >= 0.6 is 11.8 Å². The van der Waals surface area contributed by atoms with Crippen molar-refractivity contribution < 1.29 is 58.0 Å². The molecule has 0 aliphatic heterocycles. The molecule has 0 bridgehead atoms. The molecule has 0 saturated carbocycles. The maximum Gasteiger partial charge on any atom is 0.673 e. The highest BCUT2D eigenvalue weighted by atomic mass is 32.2. The summed E-state index contributed by atoms with van der Waals surface area (Å²) in [5, 5.41) is 1.07. The number of unbranched alkanes of at least 4 members (excludes halogenated alkanes) is 18. The number of benzene rings is 2. The van der Waals surface area contributed by atoms with Crippen molar-refractivity contribution in [2.75, 3.05) is 53.3 Å². The van der Waals surface area contributed by atoms with Crippen LogP contribution in [0.4, 0.5) is 34.5 Å². The van der Waals surface area contributed by atoms with E-state index >= 15 is 0 Å². The second kappa shape index (κ2) is 49.2. The van der Waals surface area contributed by atoms with E-state index in [2.05, 4.69) is 96.9 Å². The highest BCUT2D eigenvalue weighted by Crippen LogP contribution is 2.35. The molecular weight excluding hydrogens is 942 g/mol. The SMILES string of the molecule is CCCCCCCCCCCCSC(CCCC(=O)OC)c1ccccc1.CCCCCCCCCCCC[S+](C)C(CCCC(=O)OC)c1ccccc1.C[O+](C)C.F[B-](F)(F)F.F[B-](F)(F)F. The Labute approximate surface area is 421 Å². The van der Waals surface area contributed by atoms with E-state index in [9.17, 15) is 44.1 Å². The zero-order valence-corrected chi connectivity index (χ0v) is 45.4. The Hall–Kier alpha value is -2.39. The average molecular weight is 1040 g/mol. The largest absolute Gasteiger partial charge is 0.673 e. The van der Waals surface area contributed by atoms with E-state index in [-0.39, 0.29) is 11.9 Å². The lowest BCUT2D eigenvalue weighted by Gasteiger charge is -2.17. The lowest BCUT2D eigenvalue weighted by Crippen LogP contribution is -2.17. The zero-order valence-electron chi connectivity index (χ0n) is 43.8. The summed E-state index contributed by atoms with van der Waals surface area (Å²) < 4.78 is 90.1. The van der Waals surface area contributed by atoms with E-state index in [0.29, 0.717) is 34.2 Å². The number of ether oxygens (including phenoxy) is 2. The van der Waals surface area contributed by atoms with E-state index in [0.717, 1.165) is 25.7 Å². The first-order valence-electron chi connectivity index (χ1n) is 25.4. The Kier molecular flexibility index (Phi) is 50.5. The van der Waals surface area contributed by atoms with E-state index < -0.39 is 14.5 Å². The molecule has 3 unspecified atom stereocenters. The van der Waals surface area contributed by atoms with E-state index in [1.54, 1.807) is 0 Å². The van der Waals surface area contributed by atoms with Gasteiger partial charge in [0.25, 0.3) is 0 Å². The summed E-state index contributed by atoms with van der Waals surface area (Å²) in [5.74, 6) is 2.35. The number of hydrogen-bond acceptors (Lipinski definition) is 5. The summed E-state index contributed by atoms with van der Waals surface area (Å²) in [6, 6.07) is 21.6. The highest BCUT2D eigenvalue weighted by Gasteiger charge is 2.27. The molecule has 5 nitrogen and oxygen atoms in total. The van der Waals surface area contributed by atoms with Crippen molar-refractivity contribution in [1.29, 1.82) is 0 Å². The fourth-order valence-corrected chi connectivity index (χ4v) is 10.6. The van der Waals surface area contributed by atoms with Crippen LogP contribution in [-0.4, -0.2) is 79.8 Å². The zero-order chi connectivity index (χ0) is 52.6. The molecule has 0 amide bonds. The van der Waals surface area contributed by atoms with Crippen molar-refractivity contribution in [3.63, 3.8) is 0 Å². The summed E-state index contributed by atoms with van der Waals surface area (Å²) in [6.07, 6.45) is 35.2. The van der Waals surface area contributed by atoms with Gasteiger partial charge in [-0.3, -0.25) is 9.59 Å². The van der Waals surface area contributed by atoms with Gasteiger partial charge in [0, 0.05) is 23.7 Å². The van der Waals surface area contributed by atoms with Crippen molar-refractivity contribution in [3.8, 4) is 0 Å². The quantitative estimate of drug-likeness (QED) is 0.0230. The molecular formula is C52H92B2F8O5S2. The minimum atomic E-state index is -6.00. The summed E-state index contributed by atoms with van der Waals surface area (Å²) in [6.45, 7) is 4.56. The fraction of sp³-hybridized carbons (Fsp3) is 0.731. The van der Waals surface area contributed by atoms with Crippen LogP contribution in [-0.2, 0) is 34.3 Å². The lowest BCUT2D eigenvalue weighted by atomic mass is 10.1. The van der Waals surface area contributed by atoms with Crippen molar-refractivity contribution in [2.24, 2.45) is 0 Å². The van der Waals surface area contributed by atoms with E-state index in [1.165, 1.54) is 165 Å². The molecule has 69 heavy (non-hydrogen) atoms. The Balaban J connectivity index is -0.000000988. The van der Waals surface area contributed by atoms with Gasteiger partial charge >= 0.3 is 26.4 Å². The van der Waals surface area contributed by atoms with Gasteiger partial charge in [0.05, 0.1) is 20.5 Å². The second-order valence-corrected chi connectivity index (χ2v) is 21.2. The lowest BCUT2D eigenvalue weighted by molar-refractivity contribution is -0.141. The highest BCUT2D eigenvalue weighted by molar-refractivity contribution is 7.99. The van der Waals surface area contributed by atoms with Crippen molar-refractivity contribution >= 4 is 49.1 Å². The normalized spacial score (nSPS) is 12.4. The molecule has 0 spiro atoms. The number of thioether (sulfide) groups is 1. The van der Waals surface area contributed by atoms with Gasteiger partial charge in [-0.05, 0) is 67.2 Å². The standard InChI is InChI=1S/C25H43O2S.C24H40O2S.C3H9O.2BF4/c1-4-5-6-7-8-9-10-11-12-16-22-28(3)24(20-17-21-25(26)27-2)23-18-14-13-15-19-23;1-3-4-5-6-7-8-9-10-11-15-21-27-23(19-16-20-24(25)26-2)22-17-13-12-14-18-22;1-4(2)3;2*2-1(3,4)5/h13-15,18-19,24H,4-12,16-17,20-22H2,1-3H3;12-14,17-18,23H,3-11,15-16,19-21H2,1-2H3;1-3H3;;/q+1;;+1;2*-1. The summed E-state index contributed by atoms with van der Waals surface area (Å²) in [4.78, 5) is 22.8. The van der Waals surface area contributed by atoms with E-state index in [4.69, 9.17) is 9.47 Å². The van der Waals surface area contributed by atoms with Gasteiger partial charge in [0.15, 0.2) is 0 Å². The van der Waals surface area contributed by atoms with Gasteiger partial charge in [0.1, 0.15) is 32.3 Å². The van der Waals surface area contributed by atoms with Gasteiger partial charge in [-0.2, -0.15) is 11.8 Å². The van der Waals surface area contributed by atoms with Gasteiger partial charge < -0.3 is 48.4 Å². The number of methoxy groups -OCH3 is 2. The molecule has 404 valence electrons. The Bertz CT molecular complexity index is 1370. The first kappa shape index (κ1) is 70.9. The number of hydrogen-bond donors (Lipinski definition) is 0. The van der Waals surface area contributed by atoms with Crippen LogP contribution in [0.15, 0.2) is 60.7 Å². The van der Waals surface area contributed by atoms with Gasteiger partial charge in [-0.15, -0.1) is 0 Å². The monoisotopic (exact) mass is 1030 g/mol. The predicted molar refractivity (Wildman–Crippen MR) is 284 cm³/mol. The van der Waals surface area contributed by atoms with Gasteiger partial charge in [-0.1, -0.05) is 184 Å². The van der Waals surface area contributed by atoms with Crippen LogP contribution < -0.4 is 0 Å². The number of halogens is 8. The van der Waals surface area contributed by atoms with Crippen LogP contribution in [0.1, 0.15) is 202 Å². The maximum atomic E-state index is 11.5. The molecule has 17 heteroatoms. The Morgan fingerprint density at radius 1 is 0.522 bits per heavy atom. The third kappa shape index (κ3) is 59.8. The maximum absolute atomic E-state index is 11.5. The van der Waals surface area contributed by atoms with Crippen LogP contribution in [0.25, 0.3) is 0 Å². The average Bonchev–Trinajstić information content (AvgIpc) is 3.29. The molecule has 0 aromatic heterocycles. The Morgan fingerprint density at radius 2 is 0.841 bits per heavy atom. The third-order valence-electron chi connectivity index (χ3n) is 10.6. The summed E-state index contributed by atoms with van der Waals surface area (Å²) >= 11 is 2.06. The number of carbonyl (C=O) groups is 2. The minimum absolute atomic E-state index is 0.0857. The minimum Gasteiger partial charge on any atom is -0.469 e. The third-order valence-corrected chi connectivity index (χ3v) is 14.5. The molecule has 0 radical (unpaired) electrons. The number of esters is 2. The smallest absolute Gasteiger partial charge is 0.469 e. The molecule has 0 aliphatic rings. The second-order valence-electron chi connectivity index (χ2n) is 17.6. The van der Waals surface area contributed by atoms with E-state index in [1.807, 2.05) is 21.3 Å². The summed E-state index contributed by atoms with van der Waals surface area (Å²) in [7, 11) is -2.94. The molecule has 3 atom stereocenters. The fourth-order valence-electron chi connectivity index (χ4n) is 7.12. The van der Waals surface area contributed by atoms with Crippen molar-refractivity contribution in [2.45, 2.75) is 191 Å². The first-order chi connectivity index (χ1) is 32.7. The van der Waals surface area contributed by atoms with Crippen molar-refractivity contribution in [1.82, 2.24) is 0 Å². The number of rotatable bonds is 34. The predicted octanol–water partition coefficient (Wildman–Crippen LogP) is 18.0. The topological polar surface area (TPSA) is 55.3 Å². The van der Waals surface area contributed by atoms with Crippen molar-refractivity contribution in [3.05, 3.63) is 71.8 Å². The molecule has 0 fully saturated rings. The van der Waals surface area contributed by atoms with Crippen LogP contribution in [0.2, 0.25) is 0 Å². The number of carbonyl (C=O) groups excluding carboxylic acids is 2. The van der Waals surface area contributed by atoms with Gasteiger partial charge in [0.2, 0.25) is 0 Å². The van der Waals surface area contributed by atoms with Crippen LogP contribution in [0.5, 0.6) is 0 Å². The molecule has 2 rings (SSSR count). The molecule has 0 heterocycles. The molecule has 0 N–H and O–H groups in total. The molecule has 0 saturated heterocycles. The molecule has 2 aromatic carbocycles. The van der Waals surface area contributed by atoms with Crippen LogP contribution in [0.3, 0.4) is 0 Å². The molecule has 0 aliphatic carbocycles. The van der Waals surface area contributed by atoms with Crippen LogP contribution in [0, 0.1) is 0 Å². The van der Waals surface area contributed by atoms with Gasteiger partial charge in [-0.25, -0.2) is 0 Å². The summed E-state index contributed by atoms with van der Waals surface area (Å²) in [5.41, 5.74) is 2.82. The first-order valence-corrected chi connectivity index (χ1v) is 28.3. The Morgan fingerprint density at radius 3 is 1.20 bits per heavy atom. The molecule has 2 aromatic rings.